The smallest absolute Gasteiger partial charge is 0.173 e. The van der Waals surface area contributed by atoms with Crippen LogP contribution in [-0.4, -0.2) is 19.8 Å². The van der Waals surface area contributed by atoms with Crippen LogP contribution in [0, 0.1) is 11.7 Å². The summed E-state index contributed by atoms with van der Waals surface area (Å²) >= 11 is 6.05. The third kappa shape index (κ3) is 3.38. The number of ether oxygens (including phenoxy) is 2. The molecule has 1 aliphatic heterocycles. The third-order valence-electron chi connectivity index (χ3n) is 3.47. The van der Waals surface area contributed by atoms with Gasteiger partial charge in [-0.3, -0.25) is 0 Å². The van der Waals surface area contributed by atoms with Gasteiger partial charge in [0.2, 0.25) is 0 Å². The van der Waals surface area contributed by atoms with Crippen molar-refractivity contribution in [2.45, 2.75) is 25.8 Å². The van der Waals surface area contributed by atoms with Crippen LogP contribution in [0.1, 0.15) is 31.4 Å². The molecule has 1 aliphatic rings. The number of hydrogen-bond acceptors (Lipinski definition) is 3. The molecule has 0 aromatic heterocycles. The Labute approximate surface area is 117 Å². The van der Waals surface area contributed by atoms with Crippen molar-refractivity contribution in [3.63, 3.8) is 0 Å². The molecule has 2 N–H and O–H groups in total. The molecule has 0 spiro atoms. The van der Waals surface area contributed by atoms with Gasteiger partial charge in [-0.15, -0.1) is 0 Å². The molecule has 1 aromatic carbocycles. The van der Waals surface area contributed by atoms with Gasteiger partial charge >= 0.3 is 0 Å². The normalized spacial score (nSPS) is 18.3. The van der Waals surface area contributed by atoms with Gasteiger partial charge in [-0.2, -0.15) is 0 Å². The van der Waals surface area contributed by atoms with E-state index in [4.69, 9.17) is 26.8 Å². The SMILES string of the molecule is CCOc1c(F)cc([C@@H](N)C2CCOCC2)cc1Cl. The highest BCUT2D eigenvalue weighted by Crippen LogP contribution is 2.34. The van der Waals surface area contributed by atoms with E-state index in [0.29, 0.717) is 25.7 Å². The van der Waals surface area contributed by atoms with E-state index in [1.165, 1.54) is 6.07 Å². The van der Waals surface area contributed by atoms with Crippen molar-refractivity contribution in [1.82, 2.24) is 0 Å². The third-order valence-corrected chi connectivity index (χ3v) is 3.75. The predicted molar refractivity (Wildman–Crippen MR) is 73.1 cm³/mol. The molecule has 1 fully saturated rings. The van der Waals surface area contributed by atoms with Gasteiger partial charge in [-0.05, 0) is 43.4 Å². The summed E-state index contributed by atoms with van der Waals surface area (Å²) in [6, 6.07) is 2.92. The Kier molecular flexibility index (Phi) is 5.02. The molecule has 1 atom stereocenters. The molecule has 19 heavy (non-hydrogen) atoms. The second kappa shape index (κ2) is 6.55. The summed E-state index contributed by atoms with van der Waals surface area (Å²) in [5, 5.41) is 0.277. The number of nitrogens with two attached hydrogens (primary N) is 1. The average Bonchev–Trinajstić information content (AvgIpc) is 2.43. The Morgan fingerprint density at radius 3 is 2.74 bits per heavy atom. The molecule has 5 heteroatoms. The van der Waals surface area contributed by atoms with Gasteiger partial charge in [0, 0.05) is 19.3 Å². The minimum atomic E-state index is -0.452. The summed E-state index contributed by atoms with van der Waals surface area (Å²) in [7, 11) is 0. The summed E-state index contributed by atoms with van der Waals surface area (Å²) in [6.07, 6.45) is 1.79. The highest BCUT2D eigenvalue weighted by Gasteiger charge is 2.24. The van der Waals surface area contributed by atoms with E-state index < -0.39 is 5.82 Å². The molecule has 0 aliphatic carbocycles. The lowest BCUT2D eigenvalue weighted by molar-refractivity contribution is 0.0583. The summed E-state index contributed by atoms with van der Waals surface area (Å²) in [5.41, 5.74) is 6.93. The van der Waals surface area contributed by atoms with E-state index >= 15 is 0 Å². The van der Waals surface area contributed by atoms with E-state index in [1.807, 2.05) is 0 Å². The second-order valence-electron chi connectivity index (χ2n) is 4.72. The van der Waals surface area contributed by atoms with Crippen LogP contribution >= 0.6 is 11.6 Å². The van der Waals surface area contributed by atoms with Gasteiger partial charge in [0.05, 0.1) is 11.6 Å². The van der Waals surface area contributed by atoms with Crippen molar-refractivity contribution < 1.29 is 13.9 Å². The standard InChI is InChI=1S/C14H19ClFNO2/c1-2-19-14-11(15)7-10(8-12(14)16)13(17)9-3-5-18-6-4-9/h7-9,13H,2-6,17H2,1H3/t13-/m0/s1. The fraction of sp³-hybridized carbons (Fsp3) is 0.571. The Bertz CT molecular complexity index is 412. The first-order valence-electron chi connectivity index (χ1n) is 6.58. The first-order chi connectivity index (χ1) is 9.13. The van der Waals surface area contributed by atoms with Crippen LogP contribution in [0.4, 0.5) is 4.39 Å². The van der Waals surface area contributed by atoms with Gasteiger partial charge in [0.1, 0.15) is 0 Å². The van der Waals surface area contributed by atoms with Crippen molar-refractivity contribution >= 4 is 11.6 Å². The van der Waals surface area contributed by atoms with E-state index in [-0.39, 0.29) is 16.8 Å². The first-order valence-corrected chi connectivity index (χ1v) is 6.96. The van der Waals surface area contributed by atoms with E-state index in [0.717, 1.165) is 18.4 Å². The van der Waals surface area contributed by atoms with Crippen molar-refractivity contribution in [3.8, 4) is 5.75 Å². The Hall–Kier alpha value is -0.840. The van der Waals surface area contributed by atoms with Crippen LogP contribution in [0.2, 0.25) is 5.02 Å². The second-order valence-corrected chi connectivity index (χ2v) is 5.13. The topological polar surface area (TPSA) is 44.5 Å². The number of halogens is 2. The molecule has 0 bridgehead atoms. The number of benzene rings is 1. The van der Waals surface area contributed by atoms with Crippen molar-refractivity contribution in [2.75, 3.05) is 19.8 Å². The van der Waals surface area contributed by atoms with Gasteiger partial charge in [0.25, 0.3) is 0 Å². The summed E-state index contributed by atoms with van der Waals surface area (Å²) in [4.78, 5) is 0. The van der Waals surface area contributed by atoms with Gasteiger partial charge in [-0.25, -0.2) is 4.39 Å². The highest BCUT2D eigenvalue weighted by molar-refractivity contribution is 6.32. The molecular formula is C14H19ClFNO2. The van der Waals surface area contributed by atoms with Crippen LogP contribution in [0.15, 0.2) is 12.1 Å². The molecule has 0 radical (unpaired) electrons. The van der Waals surface area contributed by atoms with Crippen LogP contribution in [0.3, 0.4) is 0 Å². The van der Waals surface area contributed by atoms with Crippen LogP contribution < -0.4 is 10.5 Å². The van der Waals surface area contributed by atoms with Crippen LogP contribution in [0.5, 0.6) is 5.75 Å². The fourth-order valence-corrected chi connectivity index (χ4v) is 2.67. The minimum Gasteiger partial charge on any atom is -0.489 e. The zero-order valence-corrected chi connectivity index (χ0v) is 11.8. The molecule has 106 valence electrons. The molecule has 0 amide bonds. The number of rotatable bonds is 4. The highest BCUT2D eigenvalue weighted by atomic mass is 35.5. The molecule has 2 rings (SSSR count). The lowest BCUT2D eigenvalue weighted by Crippen LogP contribution is -2.27. The van der Waals surface area contributed by atoms with Gasteiger partial charge < -0.3 is 15.2 Å². The quantitative estimate of drug-likeness (QED) is 0.924. The lowest BCUT2D eigenvalue weighted by Gasteiger charge is -2.28. The summed E-state index contributed by atoms with van der Waals surface area (Å²) in [5.74, 6) is -0.0406. The Morgan fingerprint density at radius 1 is 1.47 bits per heavy atom. The maximum Gasteiger partial charge on any atom is 0.173 e. The largest absolute Gasteiger partial charge is 0.489 e. The molecule has 0 unspecified atom stereocenters. The molecule has 1 heterocycles. The monoisotopic (exact) mass is 287 g/mol. The molecule has 0 saturated carbocycles. The van der Waals surface area contributed by atoms with Gasteiger partial charge in [0.15, 0.2) is 11.6 Å². The summed E-state index contributed by atoms with van der Waals surface area (Å²) < 4.78 is 24.4. The van der Waals surface area contributed by atoms with E-state index in [9.17, 15) is 4.39 Å². The Morgan fingerprint density at radius 2 is 2.16 bits per heavy atom. The van der Waals surface area contributed by atoms with E-state index in [2.05, 4.69) is 0 Å². The first kappa shape index (κ1) is 14.6. The van der Waals surface area contributed by atoms with Crippen molar-refractivity contribution in [1.29, 1.82) is 0 Å². The zero-order valence-electron chi connectivity index (χ0n) is 11.0. The minimum absolute atomic E-state index is 0.104. The number of hydrogen-bond donors (Lipinski definition) is 1. The molecule has 3 nitrogen and oxygen atoms in total. The fourth-order valence-electron chi connectivity index (χ4n) is 2.40. The maximum atomic E-state index is 13.9. The Balaban J connectivity index is 2.20. The lowest BCUT2D eigenvalue weighted by atomic mass is 9.88. The predicted octanol–water partition coefficient (Wildman–Crippen LogP) is 3.30. The average molecular weight is 288 g/mol. The molecule has 1 aromatic rings. The van der Waals surface area contributed by atoms with Crippen molar-refractivity contribution in [3.05, 3.63) is 28.5 Å². The van der Waals surface area contributed by atoms with Crippen LogP contribution in [0.25, 0.3) is 0 Å². The molecular weight excluding hydrogens is 269 g/mol. The van der Waals surface area contributed by atoms with E-state index in [1.54, 1.807) is 13.0 Å². The zero-order chi connectivity index (χ0) is 13.8. The van der Waals surface area contributed by atoms with Gasteiger partial charge in [-0.1, -0.05) is 11.6 Å². The maximum absolute atomic E-state index is 13.9. The van der Waals surface area contributed by atoms with Crippen LogP contribution in [-0.2, 0) is 4.74 Å². The molecule has 1 saturated heterocycles. The summed E-state index contributed by atoms with van der Waals surface area (Å²) in [6.45, 7) is 3.59. The van der Waals surface area contributed by atoms with Crippen molar-refractivity contribution in [2.24, 2.45) is 11.7 Å².